The Labute approximate surface area is 106 Å². The molecule has 2 amide bonds. The van der Waals surface area contributed by atoms with Crippen LogP contribution in [0.1, 0.15) is 25.7 Å². The zero-order chi connectivity index (χ0) is 12.5. The number of rotatable bonds is 3. The predicted octanol–water partition coefficient (Wildman–Crippen LogP) is 1.06. The minimum Gasteiger partial charge on any atom is -0.336 e. The first-order valence-corrected chi connectivity index (χ1v) is 6.58. The van der Waals surface area contributed by atoms with E-state index in [2.05, 4.69) is 4.98 Å². The van der Waals surface area contributed by atoms with Crippen LogP contribution in [0.2, 0.25) is 0 Å². The average Bonchev–Trinajstić information content (AvgIpc) is 2.98. The molecule has 2 atom stereocenters. The van der Waals surface area contributed by atoms with Crippen molar-refractivity contribution in [1.29, 1.82) is 0 Å². The van der Waals surface area contributed by atoms with E-state index in [-0.39, 0.29) is 23.7 Å². The molecule has 18 heavy (non-hydrogen) atoms. The summed E-state index contributed by atoms with van der Waals surface area (Å²) < 4.78 is 1.89. The van der Waals surface area contributed by atoms with Gasteiger partial charge in [-0.15, -0.1) is 0 Å². The predicted molar refractivity (Wildman–Crippen MR) is 64.4 cm³/mol. The van der Waals surface area contributed by atoms with Crippen molar-refractivity contribution in [3.05, 3.63) is 18.7 Å². The summed E-state index contributed by atoms with van der Waals surface area (Å²) >= 11 is 0. The van der Waals surface area contributed by atoms with Crippen LogP contribution in [0, 0.1) is 11.8 Å². The van der Waals surface area contributed by atoms with Crippen LogP contribution in [0.4, 0.5) is 0 Å². The minimum absolute atomic E-state index is 0.0333. The first-order valence-electron chi connectivity index (χ1n) is 6.58. The van der Waals surface area contributed by atoms with E-state index in [1.807, 2.05) is 10.8 Å². The molecule has 0 radical (unpaired) electrons. The van der Waals surface area contributed by atoms with Crippen LogP contribution in [-0.2, 0) is 16.1 Å². The summed E-state index contributed by atoms with van der Waals surface area (Å²) in [6.07, 6.45) is 9.18. The Morgan fingerprint density at radius 2 is 1.78 bits per heavy atom. The fourth-order valence-corrected chi connectivity index (χ4v) is 3.09. The van der Waals surface area contributed by atoms with Crippen molar-refractivity contribution in [2.75, 3.05) is 6.54 Å². The number of hydrogen-bond acceptors (Lipinski definition) is 3. The summed E-state index contributed by atoms with van der Waals surface area (Å²) in [6, 6.07) is 0. The maximum atomic E-state index is 12.2. The van der Waals surface area contributed by atoms with Crippen molar-refractivity contribution in [1.82, 2.24) is 14.5 Å². The molecule has 1 saturated heterocycles. The lowest BCUT2D eigenvalue weighted by molar-refractivity contribution is -0.140. The van der Waals surface area contributed by atoms with E-state index >= 15 is 0 Å². The van der Waals surface area contributed by atoms with E-state index in [9.17, 15) is 9.59 Å². The zero-order valence-electron chi connectivity index (χ0n) is 10.3. The van der Waals surface area contributed by atoms with Gasteiger partial charge in [0.1, 0.15) is 0 Å². The molecular formula is C13H17N3O2. The highest BCUT2D eigenvalue weighted by Gasteiger charge is 2.47. The van der Waals surface area contributed by atoms with Crippen molar-refractivity contribution in [2.24, 2.45) is 11.8 Å². The van der Waals surface area contributed by atoms with Gasteiger partial charge in [-0.3, -0.25) is 14.5 Å². The van der Waals surface area contributed by atoms with E-state index in [1.165, 1.54) is 4.90 Å². The molecule has 1 saturated carbocycles. The molecule has 0 N–H and O–H groups in total. The van der Waals surface area contributed by atoms with Crippen molar-refractivity contribution in [3.8, 4) is 0 Å². The summed E-state index contributed by atoms with van der Waals surface area (Å²) in [4.78, 5) is 29.8. The Balaban J connectivity index is 1.68. The number of amides is 2. The summed E-state index contributed by atoms with van der Waals surface area (Å²) in [6.45, 7) is 1.11. The van der Waals surface area contributed by atoms with E-state index in [4.69, 9.17) is 0 Å². The summed E-state index contributed by atoms with van der Waals surface area (Å²) in [5.74, 6) is 0.0257. The minimum atomic E-state index is -0.0333. The normalized spacial score (nSPS) is 27.7. The molecule has 0 spiro atoms. The molecule has 2 aliphatic rings. The Bertz CT molecular complexity index is 431. The molecular weight excluding hydrogens is 230 g/mol. The molecule has 1 aromatic heterocycles. The fourth-order valence-electron chi connectivity index (χ4n) is 3.09. The standard InChI is InChI=1S/C13H17N3O2/c17-12-10-3-1-2-4-11(10)13(18)16(12)8-7-15-6-5-14-9-15/h5-6,9-11H,1-4,7-8H2/t10-,11-/m1/s1. The van der Waals surface area contributed by atoms with Crippen molar-refractivity contribution in [3.63, 3.8) is 0 Å². The molecule has 1 aromatic rings. The van der Waals surface area contributed by atoms with Crippen molar-refractivity contribution in [2.45, 2.75) is 32.2 Å². The van der Waals surface area contributed by atoms with Gasteiger partial charge in [-0.1, -0.05) is 12.8 Å². The average molecular weight is 247 g/mol. The van der Waals surface area contributed by atoms with Gasteiger partial charge in [-0.05, 0) is 12.8 Å². The lowest BCUT2D eigenvalue weighted by Gasteiger charge is -2.19. The van der Waals surface area contributed by atoms with Crippen LogP contribution in [-0.4, -0.2) is 32.8 Å². The van der Waals surface area contributed by atoms with Crippen molar-refractivity contribution < 1.29 is 9.59 Å². The van der Waals surface area contributed by atoms with Gasteiger partial charge in [-0.25, -0.2) is 4.98 Å². The third kappa shape index (κ3) is 1.83. The van der Waals surface area contributed by atoms with Gasteiger partial charge in [-0.2, -0.15) is 0 Å². The molecule has 96 valence electrons. The Kier molecular flexibility index (Phi) is 2.89. The van der Waals surface area contributed by atoms with E-state index < -0.39 is 0 Å². The number of imide groups is 1. The summed E-state index contributed by atoms with van der Waals surface area (Å²) in [5.41, 5.74) is 0. The van der Waals surface area contributed by atoms with Crippen LogP contribution >= 0.6 is 0 Å². The molecule has 2 fully saturated rings. The maximum Gasteiger partial charge on any atom is 0.233 e. The van der Waals surface area contributed by atoms with Crippen LogP contribution < -0.4 is 0 Å². The Morgan fingerprint density at radius 3 is 2.33 bits per heavy atom. The monoisotopic (exact) mass is 247 g/mol. The highest BCUT2D eigenvalue weighted by molar-refractivity contribution is 6.05. The molecule has 1 aliphatic carbocycles. The van der Waals surface area contributed by atoms with Crippen LogP contribution in [0.25, 0.3) is 0 Å². The molecule has 2 heterocycles. The molecule has 1 aliphatic heterocycles. The van der Waals surface area contributed by atoms with Gasteiger partial charge < -0.3 is 4.57 Å². The largest absolute Gasteiger partial charge is 0.336 e. The number of fused-ring (bicyclic) bond motifs is 1. The number of likely N-dealkylation sites (tertiary alicyclic amines) is 1. The number of aromatic nitrogens is 2. The number of carbonyl (C=O) groups excluding carboxylic acids is 2. The van der Waals surface area contributed by atoms with Gasteiger partial charge in [0.25, 0.3) is 0 Å². The van der Waals surface area contributed by atoms with Gasteiger partial charge in [0.05, 0.1) is 18.2 Å². The first kappa shape index (κ1) is 11.4. The number of carbonyl (C=O) groups is 2. The van der Waals surface area contributed by atoms with Gasteiger partial charge >= 0.3 is 0 Å². The van der Waals surface area contributed by atoms with Crippen LogP contribution in [0.5, 0.6) is 0 Å². The highest BCUT2D eigenvalue weighted by atomic mass is 16.2. The Hall–Kier alpha value is -1.65. The second-order valence-corrected chi connectivity index (χ2v) is 5.13. The van der Waals surface area contributed by atoms with Gasteiger partial charge in [0, 0.05) is 25.5 Å². The van der Waals surface area contributed by atoms with E-state index in [0.29, 0.717) is 13.1 Å². The van der Waals surface area contributed by atoms with Crippen LogP contribution in [0.3, 0.4) is 0 Å². The van der Waals surface area contributed by atoms with Gasteiger partial charge in [0.15, 0.2) is 0 Å². The molecule has 3 rings (SSSR count). The summed E-state index contributed by atoms with van der Waals surface area (Å²) in [7, 11) is 0. The third-order valence-corrected chi connectivity index (χ3v) is 4.07. The third-order valence-electron chi connectivity index (χ3n) is 4.07. The molecule has 0 aromatic carbocycles. The first-order chi connectivity index (χ1) is 8.77. The van der Waals surface area contributed by atoms with Crippen molar-refractivity contribution >= 4 is 11.8 Å². The molecule has 0 unspecified atom stereocenters. The number of nitrogens with zero attached hydrogens (tertiary/aromatic N) is 3. The number of hydrogen-bond donors (Lipinski definition) is 0. The topological polar surface area (TPSA) is 55.2 Å². The maximum absolute atomic E-state index is 12.2. The second kappa shape index (κ2) is 4.55. The molecule has 5 nitrogen and oxygen atoms in total. The second-order valence-electron chi connectivity index (χ2n) is 5.13. The molecule has 0 bridgehead atoms. The quantitative estimate of drug-likeness (QED) is 0.750. The smallest absolute Gasteiger partial charge is 0.233 e. The zero-order valence-corrected chi connectivity index (χ0v) is 10.3. The highest BCUT2D eigenvalue weighted by Crippen LogP contribution is 2.37. The lowest BCUT2D eigenvalue weighted by atomic mass is 9.81. The van der Waals surface area contributed by atoms with Gasteiger partial charge in [0.2, 0.25) is 11.8 Å². The summed E-state index contributed by atoms with van der Waals surface area (Å²) in [5, 5.41) is 0. The molecule has 5 heteroatoms. The SMILES string of the molecule is O=C1[C@@H]2CCCC[C@H]2C(=O)N1CCn1ccnc1. The Morgan fingerprint density at radius 1 is 1.11 bits per heavy atom. The number of imidazole rings is 1. The lowest BCUT2D eigenvalue weighted by Crippen LogP contribution is -2.33. The fraction of sp³-hybridized carbons (Fsp3) is 0.615. The van der Waals surface area contributed by atoms with Crippen LogP contribution in [0.15, 0.2) is 18.7 Å². The van der Waals surface area contributed by atoms with E-state index in [0.717, 1.165) is 25.7 Å². The van der Waals surface area contributed by atoms with E-state index in [1.54, 1.807) is 12.5 Å².